The third kappa shape index (κ3) is 6.99. The quantitative estimate of drug-likeness (QED) is 0.664. The lowest BCUT2D eigenvalue weighted by molar-refractivity contribution is 0.138. The van der Waals surface area contributed by atoms with Gasteiger partial charge in [-0.05, 0) is 54.9 Å². The van der Waals surface area contributed by atoms with Crippen molar-refractivity contribution < 1.29 is 9.47 Å². The maximum Gasteiger partial charge on any atom is 0.161 e. The van der Waals surface area contributed by atoms with Gasteiger partial charge in [0, 0.05) is 51.7 Å². The molecule has 0 bridgehead atoms. The van der Waals surface area contributed by atoms with E-state index in [2.05, 4.69) is 46.2 Å². The molecule has 1 aliphatic heterocycles. The Hall–Kier alpha value is -2.15. The summed E-state index contributed by atoms with van der Waals surface area (Å²) in [4.78, 5) is 9.00. The highest BCUT2D eigenvalue weighted by molar-refractivity contribution is 5.43. The van der Waals surface area contributed by atoms with E-state index in [1.54, 1.807) is 19.5 Å². The normalized spacial score (nSPS) is 16.5. The van der Waals surface area contributed by atoms with Crippen LogP contribution in [0.4, 0.5) is 0 Å². The molecule has 158 valence electrons. The van der Waals surface area contributed by atoms with E-state index in [4.69, 9.17) is 9.47 Å². The molecule has 0 radical (unpaired) electrons. The van der Waals surface area contributed by atoms with Gasteiger partial charge < -0.3 is 24.6 Å². The Labute approximate surface area is 174 Å². The van der Waals surface area contributed by atoms with Crippen molar-refractivity contribution in [3.63, 3.8) is 0 Å². The van der Waals surface area contributed by atoms with E-state index in [1.165, 1.54) is 31.7 Å². The minimum absolute atomic E-state index is 0.500. The first kappa shape index (κ1) is 21.6. The van der Waals surface area contributed by atoms with Gasteiger partial charge in [0.05, 0.1) is 7.11 Å². The summed E-state index contributed by atoms with van der Waals surface area (Å²) in [5, 5.41) is 3.59. The molecule has 0 aliphatic carbocycles. The number of hydrogen-bond acceptors (Lipinski definition) is 6. The molecule has 1 aliphatic rings. The zero-order chi connectivity index (χ0) is 20.5. The molecule has 1 aromatic heterocycles. The maximum atomic E-state index is 5.92. The zero-order valence-electron chi connectivity index (χ0n) is 17.9. The molecule has 1 fully saturated rings. The third-order valence-electron chi connectivity index (χ3n) is 5.36. The van der Waals surface area contributed by atoms with Crippen molar-refractivity contribution in [1.29, 1.82) is 0 Å². The molecule has 2 heterocycles. The lowest BCUT2D eigenvalue weighted by atomic mass is 10.1. The molecule has 1 N–H and O–H groups in total. The molecule has 2 aromatic rings. The number of piperazine rings is 1. The Morgan fingerprint density at radius 1 is 1.03 bits per heavy atom. The van der Waals surface area contributed by atoms with E-state index in [0.29, 0.717) is 12.5 Å². The topological polar surface area (TPSA) is 49.9 Å². The molecule has 0 amide bonds. The smallest absolute Gasteiger partial charge is 0.161 e. The maximum absolute atomic E-state index is 5.92. The Bertz CT molecular complexity index is 733. The van der Waals surface area contributed by atoms with Crippen molar-refractivity contribution in [2.45, 2.75) is 20.1 Å². The SMILES string of the molecule is COc1cc(CNCC(C)CN2CCN(C)CC2)ccc1OCc1ccncc1. The molecule has 1 unspecified atom stereocenters. The van der Waals surface area contributed by atoms with Gasteiger partial charge >= 0.3 is 0 Å². The lowest BCUT2D eigenvalue weighted by Gasteiger charge is -2.34. The first-order valence-electron chi connectivity index (χ1n) is 10.4. The van der Waals surface area contributed by atoms with Gasteiger partial charge in [-0.2, -0.15) is 0 Å². The number of benzene rings is 1. The predicted molar refractivity (Wildman–Crippen MR) is 116 cm³/mol. The number of methoxy groups -OCH3 is 1. The summed E-state index contributed by atoms with van der Waals surface area (Å²) in [7, 11) is 3.88. The Morgan fingerprint density at radius 3 is 2.52 bits per heavy atom. The molecule has 0 saturated carbocycles. The van der Waals surface area contributed by atoms with E-state index in [-0.39, 0.29) is 0 Å². The van der Waals surface area contributed by atoms with Crippen molar-refractivity contribution >= 4 is 0 Å². The fraction of sp³-hybridized carbons (Fsp3) is 0.522. The van der Waals surface area contributed by atoms with Crippen molar-refractivity contribution in [3.8, 4) is 11.5 Å². The van der Waals surface area contributed by atoms with Crippen LogP contribution in [-0.4, -0.2) is 68.2 Å². The summed E-state index contributed by atoms with van der Waals surface area (Å²) in [5.41, 5.74) is 2.28. The van der Waals surface area contributed by atoms with Crippen molar-refractivity contribution in [3.05, 3.63) is 53.9 Å². The molecule has 1 atom stereocenters. The number of pyridine rings is 1. The second-order valence-electron chi connectivity index (χ2n) is 7.97. The third-order valence-corrected chi connectivity index (χ3v) is 5.36. The van der Waals surface area contributed by atoms with Gasteiger partial charge in [0.2, 0.25) is 0 Å². The first-order valence-corrected chi connectivity index (χ1v) is 10.4. The van der Waals surface area contributed by atoms with Crippen LogP contribution in [-0.2, 0) is 13.2 Å². The second-order valence-corrected chi connectivity index (χ2v) is 7.97. The number of nitrogens with one attached hydrogen (secondary N) is 1. The average Bonchev–Trinajstić information content (AvgIpc) is 2.75. The summed E-state index contributed by atoms with van der Waals surface area (Å²) < 4.78 is 11.5. The largest absolute Gasteiger partial charge is 0.493 e. The fourth-order valence-corrected chi connectivity index (χ4v) is 3.58. The van der Waals surface area contributed by atoms with Gasteiger partial charge in [-0.15, -0.1) is 0 Å². The lowest BCUT2D eigenvalue weighted by Crippen LogP contribution is -2.46. The molecule has 1 saturated heterocycles. The molecule has 3 rings (SSSR count). The van der Waals surface area contributed by atoms with Gasteiger partial charge in [0.25, 0.3) is 0 Å². The van der Waals surface area contributed by atoms with Crippen LogP contribution in [0.2, 0.25) is 0 Å². The molecule has 6 heteroatoms. The van der Waals surface area contributed by atoms with Crippen molar-refractivity contribution in [1.82, 2.24) is 20.1 Å². The summed E-state index contributed by atoms with van der Waals surface area (Å²) in [6.45, 7) is 10.5. The Morgan fingerprint density at radius 2 is 1.79 bits per heavy atom. The Kier molecular flexibility index (Phi) is 8.28. The Balaban J connectivity index is 1.43. The van der Waals surface area contributed by atoms with Gasteiger partial charge in [-0.1, -0.05) is 13.0 Å². The molecule has 6 nitrogen and oxygen atoms in total. The van der Waals surface area contributed by atoms with Crippen LogP contribution in [0.3, 0.4) is 0 Å². The summed E-state index contributed by atoms with van der Waals surface area (Å²) in [6.07, 6.45) is 3.55. The molecular weight excluding hydrogens is 364 g/mol. The van der Waals surface area contributed by atoms with Crippen LogP contribution in [0.25, 0.3) is 0 Å². The van der Waals surface area contributed by atoms with Crippen LogP contribution < -0.4 is 14.8 Å². The van der Waals surface area contributed by atoms with E-state index in [9.17, 15) is 0 Å². The zero-order valence-corrected chi connectivity index (χ0v) is 17.9. The predicted octanol–water partition coefficient (Wildman–Crippen LogP) is 2.64. The van der Waals surface area contributed by atoms with Crippen LogP contribution in [0.5, 0.6) is 11.5 Å². The number of aromatic nitrogens is 1. The highest BCUT2D eigenvalue weighted by Gasteiger charge is 2.16. The van der Waals surface area contributed by atoms with Gasteiger partial charge in [-0.25, -0.2) is 0 Å². The standard InChI is InChI=1S/C23H34N4O2/c1-19(17-27-12-10-26(2)11-13-27)15-25-16-21-4-5-22(23(14-21)28-3)29-18-20-6-8-24-9-7-20/h4-9,14,19,25H,10-13,15-18H2,1-3H3. The minimum Gasteiger partial charge on any atom is -0.493 e. The van der Waals surface area contributed by atoms with Gasteiger partial charge in [-0.3, -0.25) is 4.98 Å². The van der Waals surface area contributed by atoms with Gasteiger partial charge in [0.15, 0.2) is 11.5 Å². The van der Waals surface area contributed by atoms with Crippen LogP contribution in [0.15, 0.2) is 42.7 Å². The molecule has 1 aromatic carbocycles. The second kappa shape index (κ2) is 11.1. The number of rotatable bonds is 10. The van der Waals surface area contributed by atoms with Crippen LogP contribution >= 0.6 is 0 Å². The number of nitrogens with zero attached hydrogens (tertiary/aromatic N) is 3. The summed E-state index contributed by atoms with van der Waals surface area (Å²) >= 11 is 0. The number of hydrogen-bond donors (Lipinski definition) is 1. The summed E-state index contributed by atoms with van der Waals surface area (Å²) in [6, 6.07) is 10.1. The number of likely N-dealkylation sites (N-methyl/N-ethyl adjacent to an activating group) is 1. The molecular formula is C23H34N4O2. The van der Waals surface area contributed by atoms with Gasteiger partial charge in [0.1, 0.15) is 6.61 Å². The molecule has 0 spiro atoms. The van der Waals surface area contributed by atoms with E-state index in [1.807, 2.05) is 18.2 Å². The van der Waals surface area contributed by atoms with E-state index < -0.39 is 0 Å². The highest BCUT2D eigenvalue weighted by atomic mass is 16.5. The van der Waals surface area contributed by atoms with E-state index in [0.717, 1.165) is 36.7 Å². The first-order chi connectivity index (χ1) is 14.1. The van der Waals surface area contributed by atoms with E-state index >= 15 is 0 Å². The monoisotopic (exact) mass is 398 g/mol. The van der Waals surface area contributed by atoms with Crippen molar-refractivity contribution in [2.75, 3.05) is 53.4 Å². The average molecular weight is 399 g/mol. The number of ether oxygens (including phenoxy) is 2. The van der Waals surface area contributed by atoms with Crippen molar-refractivity contribution in [2.24, 2.45) is 5.92 Å². The minimum atomic E-state index is 0.500. The van der Waals surface area contributed by atoms with Crippen LogP contribution in [0.1, 0.15) is 18.1 Å². The fourth-order valence-electron chi connectivity index (χ4n) is 3.58. The van der Waals surface area contributed by atoms with Crippen LogP contribution in [0, 0.1) is 5.92 Å². The summed E-state index contributed by atoms with van der Waals surface area (Å²) in [5.74, 6) is 2.16. The molecule has 29 heavy (non-hydrogen) atoms. The highest BCUT2D eigenvalue weighted by Crippen LogP contribution is 2.28.